The molecule has 0 saturated heterocycles. The van der Waals surface area contributed by atoms with Crippen molar-refractivity contribution in [3.05, 3.63) is 0 Å². The van der Waals surface area contributed by atoms with E-state index in [4.69, 9.17) is 16.3 Å². The molecule has 0 heterocycles. The predicted octanol–water partition coefficient (Wildman–Crippen LogP) is 14.6. The van der Waals surface area contributed by atoms with Crippen molar-refractivity contribution in [2.45, 2.75) is 238 Å². The number of hydrogen-bond donors (Lipinski definition) is 0. The van der Waals surface area contributed by atoms with Crippen molar-refractivity contribution in [2.75, 3.05) is 6.61 Å². The predicted molar refractivity (Wildman–Crippen MR) is 201 cm³/mol. The van der Waals surface area contributed by atoms with Gasteiger partial charge in [-0.1, -0.05) is 0 Å². The van der Waals surface area contributed by atoms with Crippen LogP contribution in [-0.2, 0) is 4.74 Å². The summed E-state index contributed by atoms with van der Waals surface area (Å²) in [7, 11) is -1.66. The fourth-order valence-electron chi connectivity index (χ4n) is 13.1. The first kappa shape index (κ1) is 35.2. The van der Waals surface area contributed by atoms with Crippen molar-refractivity contribution in [1.29, 1.82) is 0 Å². The fraction of sp³-hybridized carbons (Fsp3) is 1.00. The Morgan fingerprint density at radius 3 is 1.20 bits per heavy atom. The molecule has 1 atom stereocenters. The molecular weight excluding hydrogens is 617 g/mol. The van der Waals surface area contributed by atoms with E-state index < -0.39 is 13.2 Å². The van der Waals surface area contributed by atoms with Crippen LogP contribution in [0.4, 0.5) is 0 Å². The number of hydrogen-bond acceptors (Lipinski definition) is 1. The Kier molecular flexibility index (Phi) is 12.4. The van der Waals surface area contributed by atoms with Crippen LogP contribution in [0.2, 0.25) is 0 Å². The second kappa shape index (κ2) is 15.5. The summed E-state index contributed by atoms with van der Waals surface area (Å²) in [6.45, 7) is 3.22. The van der Waals surface area contributed by atoms with Crippen molar-refractivity contribution in [1.82, 2.24) is 0 Å². The molecule has 6 aliphatic rings. The van der Waals surface area contributed by atoms with Gasteiger partial charge in [0.25, 0.3) is 0 Å². The average molecular weight is 689 g/mol. The van der Waals surface area contributed by atoms with Gasteiger partial charge in [0, 0.05) is 0 Å². The second-order valence-electron chi connectivity index (χ2n) is 16.8. The summed E-state index contributed by atoms with van der Waals surface area (Å²) in [5, 5.41) is 0. The van der Waals surface area contributed by atoms with E-state index in [1.54, 1.807) is 0 Å². The zero-order valence-electron chi connectivity index (χ0n) is 28.9. The van der Waals surface area contributed by atoms with E-state index in [1.165, 1.54) is 193 Å². The Morgan fingerprint density at radius 1 is 0.545 bits per heavy atom. The summed E-state index contributed by atoms with van der Waals surface area (Å²) in [4.78, 5) is 0. The molecule has 6 fully saturated rings. The Labute approximate surface area is 284 Å². The normalized spacial score (nSPS) is 30.0. The summed E-state index contributed by atoms with van der Waals surface area (Å²) in [6, 6.07) is 0. The van der Waals surface area contributed by atoms with Crippen LogP contribution < -0.4 is 0 Å². The van der Waals surface area contributed by atoms with Crippen molar-refractivity contribution < 1.29 is 4.74 Å². The third-order valence-electron chi connectivity index (χ3n) is 14.9. The second-order valence-corrected chi connectivity index (χ2v) is 30.1. The number of ether oxygens (including phenoxy) is 1. The van der Waals surface area contributed by atoms with E-state index in [9.17, 15) is 11.2 Å². The molecule has 0 aliphatic heterocycles. The summed E-state index contributed by atoms with van der Waals surface area (Å²) < 4.78 is 7.74. The molecule has 44 heavy (non-hydrogen) atoms. The zero-order valence-corrected chi connectivity index (χ0v) is 32.2. The molecule has 1 unspecified atom stereocenters. The maximum atomic E-state index is 9.66. The van der Waals surface area contributed by atoms with E-state index in [0.717, 1.165) is 23.6 Å². The van der Waals surface area contributed by atoms with Gasteiger partial charge in [-0.25, -0.2) is 0 Å². The van der Waals surface area contributed by atoms with E-state index in [0.29, 0.717) is 16.9 Å². The minimum absolute atomic E-state index is 0.210. The van der Waals surface area contributed by atoms with Crippen molar-refractivity contribution in [3.63, 3.8) is 0 Å². The van der Waals surface area contributed by atoms with Crippen molar-refractivity contribution in [2.24, 2.45) is 0 Å². The van der Waals surface area contributed by atoms with Gasteiger partial charge in [0.1, 0.15) is 0 Å². The first-order valence-electron chi connectivity index (χ1n) is 20.4. The van der Waals surface area contributed by atoms with Crippen LogP contribution in [0, 0.1) is 0 Å². The van der Waals surface area contributed by atoms with Gasteiger partial charge in [0.05, 0.1) is 0 Å². The molecule has 0 N–H and O–H groups in total. The van der Waals surface area contributed by atoms with E-state index >= 15 is 0 Å². The molecule has 0 amide bonds. The maximum absolute atomic E-state index is 9.66. The molecule has 0 aromatic heterocycles. The van der Waals surface area contributed by atoms with Crippen molar-refractivity contribution >= 4 is 36.1 Å². The van der Waals surface area contributed by atoms with E-state index in [1.807, 2.05) is 0 Å². The molecule has 1 nitrogen and oxygen atoms in total. The Morgan fingerprint density at radius 2 is 0.864 bits per heavy atom. The quantitative estimate of drug-likeness (QED) is 0.164. The molecular formula is C39H71Cl2OP2+. The number of halogens is 2. The SMILES string of the molecule is CCOC([P+](C1CCCCC1)(C1CCCCC1)C1CCCCC1)P(Cl)(C1CCCCC1)(C1CCCCC1)C1(Cl)CCCCC1. The van der Waals surface area contributed by atoms with Gasteiger partial charge in [-0.3, -0.25) is 0 Å². The van der Waals surface area contributed by atoms with Gasteiger partial charge >= 0.3 is 285 Å². The number of alkyl halides is 1. The van der Waals surface area contributed by atoms with Crippen LogP contribution in [0.25, 0.3) is 0 Å². The van der Waals surface area contributed by atoms with Gasteiger partial charge in [-0.15, -0.1) is 0 Å². The van der Waals surface area contributed by atoms with Crippen LogP contribution in [0.1, 0.15) is 200 Å². The van der Waals surface area contributed by atoms with Crippen LogP contribution in [0.5, 0.6) is 0 Å². The molecule has 0 spiro atoms. The molecule has 256 valence electrons. The molecule has 6 aliphatic carbocycles. The van der Waals surface area contributed by atoms with Gasteiger partial charge in [-0.05, 0) is 0 Å². The van der Waals surface area contributed by atoms with Crippen molar-refractivity contribution in [3.8, 4) is 0 Å². The van der Waals surface area contributed by atoms with Gasteiger partial charge in [-0.2, -0.15) is 0 Å². The first-order valence-corrected chi connectivity index (χ1v) is 26.2. The fourth-order valence-corrected chi connectivity index (χ4v) is 39.3. The molecule has 0 bridgehead atoms. The zero-order chi connectivity index (χ0) is 30.5. The van der Waals surface area contributed by atoms with Gasteiger partial charge < -0.3 is 0 Å². The summed E-state index contributed by atoms with van der Waals surface area (Å²) >= 11 is 18.4. The van der Waals surface area contributed by atoms with Crippen LogP contribution in [0.15, 0.2) is 0 Å². The van der Waals surface area contributed by atoms with Crippen LogP contribution in [0.3, 0.4) is 0 Å². The number of rotatable bonds is 10. The van der Waals surface area contributed by atoms with Crippen LogP contribution in [-0.4, -0.2) is 45.1 Å². The summed E-state index contributed by atoms with van der Waals surface area (Å²) in [5.74, 6) is -3.24. The first-order chi connectivity index (χ1) is 21.5. The third-order valence-corrected chi connectivity index (χ3v) is 36.3. The Hall–Kier alpha value is 1.40. The molecule has 0 radical (unpaired) electrons. The van der Waals surface area contributed by atoms with Crippen LogP contribution >= 0.6 is 36.1 Å². The minimum atomic E-state index is -3.24. The Bertz CT molecular complexity index is 811. The third kappa shape index (κ3) is 5.96. The van der Waals surface area contributed by atoms with E-state index in [-0.39, 0.29) is 4.62 Å². The summed E-state index contributed by atoms with van der Waals surface area (Å²) in [5.41, 5.74) is 4.31. The molecule has 6 rings (SSSR count). The standard InChI is InChI=1S/C39H71Cl2OP2/c1-2-42-38(43(33-21-9-3-10-22-33,34-23-11-4-12-24-34)35-25-13-5-14-26-35)44(41,36-27-15-6-16-28-36,37-29-17-7-18-30-37)39(40)31-19-8-20-32-39/h33-38H,2-32H2,1H3/q+1. The summed E-state index contributed by atoms with van der Waals surface area (Å²) in [6.07, 6.45) is 42.2. The molecule has 5 heteroatoms. The molecule has 0 aromatic carbocycles. The molecule has 6 saturated carbocycles. The monoisotopic (exact) mass is 687 g/mol. The topological polar surface area (TPSA) is 9.23 Å². The van der Waals surface area contributed by atoms with Gasteiger partial charge in [0.2, 0.25) is 0 Å². The average Bonchev–Trinajstić information content (AvgIpc) is 3.10. The Balaban J connectivity index is 1.67. The molecule has 0 aromatic rings. The van der Waals surface area contributed by atoms with E-state index in [2.05, 4.69) is 6.92 Å². The van der Waals surface area contributed by atoms with Gasteiger partial charge in [0.15, 0.2) is 0 Å².